The largest absolute Gasteiger partial charge is 0.269 e. The van der Waals surface area contributed by atoms with Gasteiger partial charge < -0.3 is 0 Å². The van der Waals surface area contributed by atoms with Crippen molar-refractivity contribution in [1.82, 2.24) is 0 Å². The van der Waals surface area contributed by atoms with Gasteiger partial charge in [0.25, 0.3) is 0 Å². The highest BCUT2D eigenvalue weighted by atomic mass is 14.7. The molecule has 1 atom stereocenters. The molecule has 0 N–H and O–H groups in total. The van der Waals surface area contributed by atoms with Crippen molar-refractivity contribution in [2.75, 3.05) is 0 Å². The van der Waals surface area contributed by atoms with Gasteiger partial charge in [0, 0.05) is 12.4 Å². The summed E-state index contributed by atoms with van der Waals surface area (Å²) in [7, 11) is 0. The van der Waals surface area contributed by atoms with Crippen LogP contribution in [0, 0.1) is 11.8 Å². The monoisotopic (exact) mass is 123 g/mol. The zero-order chi connectivity index (χ0) is 6.69. The van der Waals surface area contributed by atoms with Crippen LogP contribution >= 0.6 is 0 Å². The zero-order valence-corrected chi connectivity index (χ0v) is 6.04. The van der Waals surface area contributed by atoms with E-state index < -0.39 is 0 Å². The van der Waals surface area contributed by atoms with E-state index in [4.69, 9.17) is 0 Å². The number of allylic oxidation sites excluding steroid dienone is 1. The van der Waals surface area contributed by atoms with Gasteiger partial charge in [-0.05, 0) is 18.3 Å². The highest BCUT2D eigenvalue weighted by molar-refractivity contribution is 5.60. The Morgan fingerprint density at radius 1 is 1.56 bits per heavy atom. The second kappa shape index (κ2) is 2.81. The van der Waals surface area contributed by atoms with Crippen LogP contribution in [0.1, 0.15) is 20.3 Å². The zero-order valence-electron chi connectivity index (χ0n) is 6.04. The fourth-order valence-electron chi connectivity index (χ4n) is 0.977. The van der Waals surface area contributed by atoms with E-state index in [0.717, 1.165) is 18.3 Å². The topological polar surface area (TPSA) is 12.4 Å². The van der Waals surface area contributed by atoms with E-state index in [1.807, 2.05) is 12.4 Å². The van der Waals surface area contributed by atoms with Crippen LogP contribution in [0.15, 0.2) is 17.3 Å². The predicted molar refractivity (Wildman–Crippen MR) is 40.6 cm³/mol. The SMILES string of the molecule is CC(C)C1C=CN=CC1. The van der Waals surface area contributed by atoms with E-state index in [9.17, 15) is 0 Å². The quantitative estimate of drug-likeness (QED) is 0.507. The van der Waals surface area contributed by atoms with E-state index in [2.05, 4.69) is 24.9 Å². The molecule has 50 valence electrons. The van der Waals surface area contributed by atoms with Crippen LogP contribution < -0.4 is 0 Å². The summed E-state index contributed by atoms with van der Waals surface area (Å²) in [6, 6.07) is 0. The van der Waals surface area contributed by atoms with E-state index in [1.54, 1.807) is 0 Å². The third kappa shape index (κ3) is 1.67. The number of hydrogen-bond donors (Lipinski definition) is 0. The Balaban J connectivity index is 2.46. The first-order valence-electron chi connectivity index (χ1n) is 3.49. The van der Waals surface area contributed by atoms with E-state index >= 15 is 0 Å². The molecular weight excluding hydrogens is 110 g/mol. The second-order valence-electron chi connectivity index (χ2n) is 2.82. The summed E-state index contributed by atoms with van der Waals surface area (Å²) in [4.78, 5) is 4.00. The fourth-order valence-corrected chi connectivity index (χ4v) is 0.977. The van der Waals surface area contributed by atoms with Crippen molar-refractivity contribution in [3.05, 3.63) is 12.3 Å². The van der Waals surface area contributed by atoms with E-state index in [-0.39, 0.29) is 0 Å². The van der Waals surface area contributed by atoms with Crippen molar-refractivity contribution in [2.45, 2.75) is 20.3 Å². The Hall–Kier alpha value is -0.590. The number of hydrogen-bond acceptors (Lipinski definition) is 1. The Labute approximate surface area is 56.5 Å². The third-order valence-corrected chi connectivity index (χ3v) is 1.76. The Bertz CT molecular complexity index is 134. The molecule has 0 fully saturated rings. The number of rotatable bonds is 1. The lowest BCUT2D eigenvalue weighted by molar-refractivity contribution is 0.479. The Morgan fingerprint density at radius 3 is 2.67 bits per heavy atom. The van der Waals surface area contributed by atoms with Gasteiger partial charge in [-0.2, -0.15) is 0 Å². The molecule has 0 aromatic heterocycles. The van der Waals surface area contributed by atoms with Crippen LogP contribution in [-0.2, 0) is 0 Å². The molecule has 0 amide bonds. The molecule has 0 aromatic rings. The smallest absolute Gasteiger partial charge is 0.0226 e. The van der Waals surface area contributed by atoms with Crippen molar-refractivity contribution in [3.8, 4) is 0 Å². The first kappa shape index (κ1) is 6.53. The highest BCUT2D eigenvalue weighted by Gasteiger charge is 2.08. The second-order valence-corrected chi connectivity index (χ2v) is 2.82. The first-order chi connectivity index (χ1) is 4.30. The summed E-state index contributed by atoms with van der Waals surface area (Å²) in [5, 5.41) is 0. The van der Waals surface area contributed by atoms with E-state index in [1.165, 1.54) is 0 Å². The van der Waals surface area contributed by atoms with Crippen LogP contribution in [0.25, 0.3) is 0 Å². The van der Waals surface area contributed by atoms with Gasteiger partial charge in [-0.1, -0.05) is 19.9 Å². The maximum absolute atomic E-state index is 4.00. The molecule has 0 radical (unpaired) electrons. The molecule has 0 aromatic carbocycles. The van der Waals surface area contributed by atoms with Gasteiger partial charge in [0.1, 0.15) is 0 Å². The van der Waals surface area contributed by atoms with Crippen molar-refractivity contribution in [1.29, 1.82) is 0 Å². The number of nitrogens with zero attached hydrogens (tertiary/aromatic N) is 1. The summed E-state index contributed by atoms with van der Waals surface area (Å²) in [6.45, 7) is 4.49. The van der Waals surface area contributed by atoms with Gasteiger partial charge in [0.2, 0.25) is 0 Å². The summed E-state index contributed by atoms with van der Waals surface area (Å²) >= 11 is 0. The molecule has 1 aliphatic heterocycles. The first-order valence-corrected chi connectivity index (χ1v) is 3.49. The maximum atomic E-state index is 4.00. The lowest BCUT2D eigenvalue weighted by Gasteiger charge is -2.15. The van der Waals surface area contributed by atoms with Crippen LogP contribution in [0.2, 0.25) is 0 Å². The average molecular weight is 123 g/mol. The Morgan fingerprint density at radius 2 is 2.33 bits per heavy atom. The van der Waals surface area contributed by atoms with Crippen LogP contribution in [-0.4, -0.2) is 6.21 Å². The van der Waals surface area contributed by atoms with Crippen LogP contribution in [0.5, 0.6) is 0 Å². The van der Waals surface area contributed by atoms with Crippen LogP contribution in [0.3, 0.4) is 0 Å². The van der Waals surface area contributed by atoms with Crippen molar-refractivity contribution < 1.29 is 0 Å². The van der Waals surface area contributed by atoms with E-state index in [0.29, 0.717) is 0 Å². The molecule has 0 saturated heterocycles. The molecule has 0 spiro atoms. The lowest BCUT2D eigenvalue weighted by Crippen LogP contribution is -2.07. The molecule has 0 bridgehead atoms. The predicted octanol–water partition coefficient (Wildman–Crippen LogP) is 2.25. The molecule has 0 aliphatic carbocycles. The normalized spacial score (nSPS) is 25.4. The molecule has 9 heavy (non-hydrogen) atoms. The van der Waals surface area contributed by atoms with Gasteiger partial charge >= 0.3 is 0 Å². The molecule has 1 heterocycles. The fraction of sp³-hybridized carbons (Fsp3) is 0.625. The molecule has 1 aliphatic rings. The molecule has 1 unspecified atom stereocenters. The minimum atomic E-state index is 0.725. The van der Waals surface area contributed by atoms with Crippen molar-refractivity contribution >= 4 is 6.21 Å². The van der Waals surface area contributed by atoms with Gasteiger partial charge in [-0.3, -0.25) is 4.99 Å². The minimum absolute atomic E-state index is 0.725. The molecule has 1 rings (SSSR count). The summed E-state index contributed by atoms with van der Waals surface area (Å²) in [6.07, 6.45) is 7.19. The molecule has 1 nitrogen and oxygen atoms in total. The van der Waals surface area contributed by atoms with Gasteiger partial charge in [-0.25, -0.2) is 0 Å². The minimum Gasteiger partial charge on any atom is -0.269 e. The maximum Gasteiger partial charge on any atom is 0.0226 e. The summed E-state index contributed by atoms with van der Waals surface area (Å²) in [5.74, 6) is 1.48. The molecular formula is C8H13N. The lowest BCUT2D eigenvalue weighted by atomic mass is 9.92. The van der Waals surface area contributed by atoms with Gasteiger partial charge in [-0.15, -0.1) is 0 Å². The van der Waals surface area contributed by atoms with Crippen molar-refractivity contribution in [2.24, 2.45) is 16.8 Å². The van der Waals surface area contributed by atoms with Crippen LogP contribution in [0.4, 0.5) is 0 Å². The Kier molecular flexibility index (Phi) is 2.04. The number of aliphatic imine (C=N–C) groups is 1. The summed E-state index contributed by atoms with van der Waals surface area (Å²) < 4.78 is 0. The van der Waals surface area contributed by atoms with Crippen molar-refractivity contribution in [3.63, 3.8) is 0 Å². The highest BCUT2D eigenvalue weighted by Crippen LogP contribution is 2.17. The average Bonchev–Trinajstić information content (AvgIpc) is 1.90. The summed E-state index contributed by atoms with van der Waals surface area (Å²) in [5.41, 5.74) is 0. The van der Waals surface area contributed by atoms with Gasteiger partial charge in [0.15, 0.2) is 0 Å². The third-order valence-electron chi connectivity index (χ3n) is 1.76. The molecule has 0 saturated carbocycles. The standard InChI is InChI=1S/C8H13N/c1-7(2)8-3-5-9-6-4-8/h3,5-8H,4H2,1-2H3. The molecule has 1 heteroatoms. The van der Waals surface area contributed by atoms with Gasteiger partial charge in [0.05, 0.1) is 0 Å².